The number of benzene rings is 1. The van der Waals surface area contributed by atoms with Crippen LogP contribution in [0.3, 0.4) is 0 Å². The van der Waals surface area contributed by atoms with E-state index >= 15 is 0 Å². The van der Waals surface area contributed by atoms with Crippen LogP contribution in [0.25, 0.3) is 0 Å². The maximum absolute atomic E-state index is 12.1. The van der Waals surface area contributed by atoms with Crippen molar-refractivity contribution in [3.63, 3.8) is 0 Å². The van der Waals surface area contributed by atoms with E-state index in [2.05, 4.69) is 0 Å². The van der Waals surface area contributed by atoms with Gasteiger partial charge in [0.2, 0.25) is 0 Å². The summed E-state index contributed by atoms with van der Waals surface area (Å²) in [6.07, 6.45) is 2.45. The van der Waals surface area contributed by atoms with Crippen molar-refractivity contribution >= 4 is 16.7 Å². The third-order valence-electron chi connectivity index (χ3n) is 2.58. The minimum absolute atomic E-state index is 0.0389. The second kappa shape index (κ2) is 7.28. The van der Waals surface area contributed by atoms with Gasteiger partial charge in [-0.05, 0) is 30.7 Å². The topological polar surface area (TPSA) is 57.6 Å². The Morgan fingerprint density at radius 2 is 1.89 bits per heavy atom. The van der Waals surface area contributed by atoms with E-state index in [-0.39, 0.29) is 12.5 Å². The molecule has 0 aliphatic heterocycles. The molecular weight excluding hydrogens is 250 g/mol. The molecule has 0 aromatic heterocycles. The third kappa shape index (κ3) is 3.92. The molecule has 0 aliphatic rings. The molecular formula is C13H19NO3S. The first-order chi connectivity index (χ1) is 8.60. The average molecular weight is 269 g/mol. The first-order valence-corrected chi connectivity index (χ1v) is 7.49. The minimum Gasteiger partial charge on any atom is -0.395 e. The Morgan fingerprint density at radius 1 is 1.28 bits per heavy atom. The Morgan fingerprint density at radius 3 is 2.33 bits per heavy atom. The highest BCUT2D eigenvalue weighted by Gasteiger charge is 2.14. The Hall–Kier alpha value is -1.20. The van der Waals surface area contributed by atoms with Crippen molar-refractivity contribution in [1.29, 1.82) is 0 Å². The SMILES string of the molecule is CCCN(CCO)C(=O)c1ccc(S(C)=O)cc1. The first-order valence-electron chi connectivity index (χ1n) is 5.93. The summed E-state index contributed by atoms with van der Waals surface area (Å²) >= 11 is 0. The van der Waals surface area contributed by atoms with Crippen molar-refractivity contribution in [2.45, 2.75) is 18.2 Å². The van der Waals surface area contributed by atoms with Gasteiger partial charge in [0.25, 0.3) is 5.91 Å². The van der Waals surface area contributed by atoms with E-state index in [1.165, 1.54) is 0 Å². The zero-order chi connectivity index (χ0) is 13.5. The Balaban J connectivity index is 2.84. The molecule has 0 bridgehead atoms. The molecule has 1 atom stereocenters. The molecule has 0 saturated heterocycles. The number of carbonyl (C=O) groups is 1. The van der Waals surface area contributed by atoms with Crippen LogP contribution >= 0.6 is 0 Å². The molecule has 18 heavy (non-hydrogen) atoms. The molecule has 5 heteroatoms. The standard InChI is InChI=1S/C13H19NO3S/c1-3-8-14(9-10-15)13(16)11-4-6-12(7-5-11)18(2)17/h4-7,15H,3,8-10H2,1-2H3. The van der Waals surface area contributed by atoms with Crippen molar-refractivity contribution in [3.05, 3.63) is 29.8 Å². The van der Waals surface area contributed by atoms with Crippen LogP contribution in [-0.2, 0) is 10.8 Å². The smallest absolute Gasteiger partial charge is 0.253 e. The number of rotatable bonds is 6. The molecule has 0 saturated carbocycles. The van der Waals surface area contributed by atoms with Gasteiger partial charge in [-0.3, -0.25) is 9.00 Å². The quantitative estimate of drug-likeness (QED) is 0.846. The summed E-state index contributed by atoms with van der Waals surface area (Å²) in [5.41, 5.74) is 0.561. The molecule has 100 valence electrons. The highest BCUT2D eigenvalue weighted by atomic mass is 32.2. The molecule has 1 aromatic rings. The Bertz CT molecular complexity index is 411. The summed E-state index contributed by atoms with van der Waals surface area (Å²) in [6, 6.07) is 6.76. The fraction of sp³-hybridized carbons (Fsp3) is 0.462. The van der Waals surface area contributed by atoms with E-state index in [0.717, 1.165) is 6.42 Å². The summed E-state index contributed by atoms with van der Waals surface area (Å²) in [5, 5.41) is 8.94. The van der Waals surface area contributed by atoms with E-state index in [0.29, 0.717) is 23.5 Å². The number of hydrogen-bond donors (Lipinski definition) is 1. The van der Waals surface area contributed by atoms with Gasteiger partial charge < -0.3 is 10.0 Å². The summed E-state index contributed by atoms with van der Waals surface area (Å²) in [5.74, 6) is -0.0978. The van der Waals surface area contributed by atoms with E-state index in [9.17, 15) is 9.00 Å². The van der Waals surface area contributed by atoms with Gasteiger partial charge in [0, 0.05) is 40.6 Å². The Kier molecular flexibility index (Phi) is 6.01. The van der Waals surface area contributed by atoms with Gasteiger partial charge in [-0.2, -0.15) is 0 Å². The predicted octanol–water partition coefficient (Wildman–Crippen LogP) is 1.27. The molecule has 0 radical (unpaired) electrons. The molecule has 0 fully saturated rings. The van der Waals surface area contributed by atoms with Crippen molar-refractivity contribution in [3.8, 4) is 0 Å². The molecule has 1 aromatic carbocycles. The van der Waals surface area contributed by atoms with Crippen molar-refractivity contribution in [2.75, 3.05) is 26.0 Å². The molecule has 1 rings (SSSR count). The fourth-order valence-electron chi connectivity index (χ4n) is 1.68. The van der Waals surface area contributed by atoms with Crippen LogP contribution in [0, 0.1) is 0 Å². The molecule has 1 unspecified atom stereocenters. The minimum atomic E-state index is -1.03. The lowest BCUT2D eigenvalue weighted by atomic mass is 10.2. The predicted molar refractivity (Wildman–Crippen MR) is 72.1 cm³/mol. The molecule has 1 N–H and O–H groups in total. The average Bonchev–Trinajstić information content (AvgIpc) is 2.38. The van der Waals surface area contributed by atoms with Gasteiger partial charge in [0.1, 0.15) is 0 Å². The van der Waals surface area contributed by atoms with Crippen LogP contribution < -0.4 is 0 Å². The summed E-state index contributed by atoms with van der Waals surface area (Å²) in [6.45, 7) is 2.92. The number of aliphatic hydroxyl groups is 1. The van der Waals surface area contributed by atoms with Gasteiger partial charge in [0.05, 0.1) is 6.61 Å². The van der Waals surface area contributed by atoms with E-state index < -0.39 is 10.8 Å². The lowest BCUT2D eigenvalue weighted by Crippen LogP contribution is -2.34. The van der Waals surface area contributed by atoms with Gasteiger partial charge in [-0.25, -0.2) is 0 Å². The van der Waals surface area contributed by atoms with Crippen LogP contribution in [0.5, 0.6) is 0 Å². The maximum atomic E-state index is 12.1. The number of aliphatic hydroxyl groups excluding tert-OH is 1. The van der Waals surface area contributed by atoms with Crippen LogP contribution in [0.1, 0.15) is 23.7 Å². The lowest BCUT2D eigenvalue weighted by Gasteiger charge is -2.21. The molecule has 4 nitrogen and oxygen atoms in total. The monoisotopic (exact) mass is 269 g/mol. The lowest BCUT2D eigenvalue weighted by molar-refractivity contribution is 0.0722. The van der Waals surface area contributed by atoms with Crippen LogP contribution in [0.2, 0.25) is 0 Å². The van der Waals surface area contributed by atoms with Gasteiger partial charge in [0.15, 0.2) is 0 Å². The highest BCUT2D eigenvalue weighted by molar-refractivity contribution is 7.84. The highest BCUT2D eigenvalue weighted by Crippen LogP contribution is 2.10. The zero-order valence-electron chi connectivity index (χ0n) is 10.8. The zero-order valence-corrected chi connectivity index (χ0v) is 11.6. The van der Waals surface area contributed by atoms with Crippen LogP contribution in [0.4, 0.5) is 0 Å². The van der Waals surface area contributed by atoms with Crippen LogP contribution in [0.15, 0.2) is 29.2 Å². The molecule has 0 aliphatic carbocycles. The third-order valence-corrected chi connectivity index (χ3v) is 3.52. The summed E-state index contributed by atoms with van der Waals surface area (Å²) in [4.78, 5) is 14.5. The van der Waals surface area contributed by atoms with Crippen molar-refractivity contribution < 1.29 is 14.1 Å². The van der Waals surface area contributed by atoms with Gasteiger partial charge in [-0.15, -0.1) is 0 Å². The number of nitrogens with zero attached hydrogens (tertiary/aromatic N) is 1. The summed E-state index contributed by atoms with van der Waals surface area (Å²) < 4.78 is 11.2. The maximum Gasteiger partial charge on any atom is 0.253 e. The number of amides is 1. The van der Waals surface area contributed by atoms with Crippen molar-refractivity contribution in [2.24, 2.45) is 0 Å². The van der Waals surface area contributed by atoms with E-state index in [4.69, 9.17) is 5.11 Å². The van der Waals surface area contributed by atoms with E-state index in [1.807, 2.05) is 6.92 Å². The fourth-order valence-corrected chi connectivity index (χ4v) is 2.20. The second-order valence-corrected chi connectivity index (χ2v) is 5.37. The second-order valence-electron chi connectivity index (χ2n) is 3.99. The van der Waals surface area contributed by atoms with Crippen molar-refractivity contribution in [1.82, 2.24) is 4.90 Å². The number of carbonyl (C=O) groups excluding carboxylic acids is 1. The summed E-state index contributed by atoms with van der Waals surface area (Å²) in [7, 11) is -1.03. The van der Waals surface area contributed by atoms with Gasteiger partial charge >= 0.3 is 0 Å². The van der Waals surface area contributed by atoms with E-state index in [1.54, 1.807) is 35.4 Å². The molecule has 1 amide bonds. The number of hydrogen-bond acceptors (Lipinski definition) is 3. The largest absolute Gasteiger partial charge is 0.395 e. The molecule has 0 spiro atoms. The van der Waals surface area contributed by atoms with Gasteiger partial charge in [-0.1, -0.05) is 6.92 Å². The Labute approximate surface area is 110 Å². The van der Waals surface area contributed by atoms with Crippen LogP contribution in [-0.4, -0.2) is 46.1 Å². The molecule has 0 heterocycles. The normalized spacial score (nSPS) is 12.2. The first kappa shape index (κ1) is 14.9.